The number of methoxy groups -OCH3 is 1. The molecule has 1 aliphatic heterocycles. The zero-order chi connectivity index (χ0) is 16.1. The molecule has 5 nitrogen and oxygen atoms in total. The van der Waals surface area contributed by atoms with E-state index in [0.717, 1.165) is 43.3 Å². The molecule has 0 unspecified atom stereocenters. The van der Waals surface area contributed by atoms with Crippen molar-refractivity contribution in [3.05, 3.63) is 41.6 Å². The van der Waals surface area contributed by atoms with Crippen molar-refractivity contribution < 1.29 is 4.74 Å². The largest absolute Gasteiger partial charge is 0.496 e. The minimum absolute atomic E-state index is 0.710. The lowest BCUT2D eigenvalue weighted by atomic mass is 10.1. The Morgan fingerprint density at radius 2 is 1.96 bits per heavy atom. The van der Waals surface area contributed by atoms with Crippen molar-refractivity contribution in [3.63, 3.8) is 0 Å². The lowest BCUT2D eigenvalue weighted by Gasteiger charge is -2.17. The molecule has 23 heavy (non-hydrogen) atoms. The Balaban J connectivity index is 1.63. The van der Waals surface area contributed by atoms with Crippen LogP contribution >= 0.6 is 0 Å². The lowest BCUT2D eigenvalue weighted by Crippen LogP contribution is -2.20. The number of hydrogen-bond donors (Lipinski definition) is 1. The van der Waals surface area contributed by atoms with Gasteiger partial charge in [-0.25, -0.2) is 4.98 Å². The second-order valence-corrected chi connectivity index (χ2v) is 5.87. The first kappa shape index (κ1) is 15.6. The zero-order valence-corrected chi connectivity index (χ0v) is 13.9. The third-order valence-corrected chi connectivity index (χ3v) is 4.14. The van der Waals surface area contributed by atoms with Crippen molar-refractivity contribution in [2.45, 2.75) is 26.2 Å². The second-order valence-electron chi connectivity index (χ2n) is 5.87. The number of hydrogen-bond acceptors (Lipinski definition) is 5. The summed E-state index contributed by atoms with van der Waals surface area (Å²) in [5.74, 6) is 2.67. The predicted octanol–water partition coefficient (Wildman–Crippen LogP) is 3.05. The van der Waals surface area contributed by atoms with Gasteiger partial charge in [0.15, 0.2) is 0 Å². The maximum atomic E-state index is 5.39. The summed E-state index contributed by atoms with van der Waals surface area (Å²) in [4.78, 5) is 11.5. The highest BCUT2D eigenvalue weighted by Crippen LogP contribution is 2.20. The van der Waals surface area contributed by atoms with Gasteiger partial charge in [-0.15, -0.1) is 0 Å². The van der Waals surface area contributed by atoms with Crippen LogP contribution in [0.1, 0.15) is 24.1 Å². The van der Waals surface area contributed by atoms with Crippen LogP contribution in [-0.2, 0) is 6.42 Å². The van der Waals surface area contributed by atoms with E-state index >= 15 is 0 Å². The maximum absolute atomic E-state index is 5.39. The van der Waals surface area contributed by atoms with E-state index < -0.39 is 0 Å². The number of aromatic nitrogens is 2. The molecule has 1 aliphatic rings. The van der Waals surface area contributed by atoms with Crippen LogP contribution < -0.4 is 15.0 Å². The number of para-hydroxylation sites is 1. The summed E-state index contributed by atoms with van der Waals surface area (Å²) in [6.45, 7) is 4.99. The molecular weight excluding hydrogens is 288 g/mol. The monoisotopic (exact) mass is 312 g/mol. The molecule has 3 rings (SSSR count). The molecule has 122 valence electrons. The number of aryl methyl sites for hydroxylation is 1. The molecule has 1 N–H and O–H groups in total. The number of rotatable bonds is 6. The molecule has 0 amide bonds. The molecule has 0 bridgehead atoms. The van der Waals surface area contributed by atoms with Gasteiger partial charge in [0.25, 0.3) is 0 Å². The Hall–Kier alpha value is -2.30. The molecule has 0 aliphatic carbocycles. The van der Waals surface area contributed by atoms with E-state index in [1.165, 1.54) is 18.4 Å². The van der Waals surface area contributed by atoms with Crippen LogP contribution in [0.15, 0.2) is 30.3 Å². The molecule has 2 aromatic rings. The van der Waals surface area contributed by atoms with E-state index in [0.29, 0.717) is 5.95 Å². The Morgan fingerprint density at radius 3 is 2.74 bits per heavy atom. The summed E-state index contributed by atoms with van der Waals surface area (Å²) in [5, 5.41) is 3.34. The molecular formula is C18H24N4O. The fraction of sp³-hybridized carbons (Fsp3) is 0.444. The Labute approximate surface area is 137 Å². The van der Waals surface area contributed by atoms with Crippen LogP contribution in [0.3, 0.4) is 0 Å². The van der Waals surface area contributed by atoms with E-state index in [4.69, 9.17) is 4.74 Å². The number of nitrogens with zero attached hydrogens (tertiary/aromatic N) is 3. The first-order valence-electron chi connectivity index (χ1n) is 8.22. The topological polar surface area (TPSA) is 50.3 Å². The van der Waals surface area contributed by atoms with Crippen molar-refractivity contribution in [1.29, 1.82) is 0 Å². The van der Waals surface area contributed by atoms with Crippen molar-refractivity contribution in [2.75, 3.05) is 37.0 Å². The van der Waals surface area contributed by atoms with Crippen molar-refractivity contribution in [1.82, 2.24) is 9.97 Å². The smallest absolute Gasteiger partial charge is 0.224 e. The first-order valence-corrected chi connectivity index (χ1v) is 8.22. The first-order chi connectivity index (χ1) is 11.3. The molecule has 0 atom stereocenters. The molecule has 0 saturated carbocycles. The summed E-state index contributed by atoms with van der Waals surface area (Å²) < 4.78 is 5.39. The summed E-state index contributed by atoms with van der Waals surface area (Å²) >= 11 is 0. The fourth-order valence-corrected chi connectivity index (χ4v) is 2.96. The Bertz CT molecular complexity index is 653. The second kappa shape index (κ2) is 7.31. The van der Waals surface area contributed by atoms with Gasteiger partial charge in [0, 0.05) is 31.4 Å². The van der Waals surface area contributed by atoms with Gasteiger partial charge in [0.1, 0.15) is 11.6 Å². The summed E-state index contributed by atoms with van der Waals surface area (Å²) in [7, 11) is 1.71. The molecule has 1 aromatic carbocycles. The maximum Gasteiger partial charge on any atom is 0.224 e. The lowest BCUT2D eigenvalue weighted by molar-refractivity contribution is 0.410. The average Bonchev–Trinajstić information content (AvgIpc) is 3.09. The quantitative estimate of drug-likeness (QED) is 0.888. The molecule has 5 heteroatoms. The Kier molecular flexibility index (Phi) is 4.95. The summed E-state index contributed by atoms with van der Waals surface area (Å²) in [6, 6.07) is 10.2. The van der Waals surface area contributed by atoms with Gasteiger partial charge in [-0.2, -0.15) is 4.98 Å². The zero-order valence-electron chi connectivity index (χ0n) is 13.9. The number of nitrogens with one attached hydrogen (secondary N) is 1. The molecule has 1 fully saturated rings. The van der Waals surface area contributed by atoms with Gasteiger partial charge in [0.2, 0.25) is 5.95 Å². The molecule has 0 spiro atoms. The summed E-state index contributed by atoms with van der Waals surface area (Å²) in [6.07, 6.45) is 3.37. The van der Waals surface area contributed by atoms with Crippen LogP contribution in [0.25, 0.3) is 0 Å². The normalized spacial score (nSPS) is 14.1. The number of benzene rings is 1. The highest BCUT2D eigenvalue weighted by atomic mass is 16.5. The number of ether oxygens (including phenoxy) is 1. The van der Waals surface area contributed by atoms with E-state index in [1.54, 1.807) is 7.11 Å². The standard InChI is InChI=1S/C18H24N4O/c1-14-13-17(22-11-5-6-12-22)21-18(20-14)19-10-9-15-7-3-4-8-16(15)23-2/h3-4,7-8,13H,5-6,9-12H2,1-2H3,(H,19,20,21). The van der Waals surface area contributed by atoms with Crippen LogP contribution in [0.2, 0.25) is 0 Å². The van der Waals surface area contributed by atoms with Gasteiger partial charge < -0.3 is 15.0 Å². The van der Waals surface area contributed by atoms with E-state index in [9.17, 15) is 0 Å². The molecule has 1 saturated heterocycles. The minimum Gasteiger partial charge on any atom is -0.496 e. The van der Waals surface area contributed by atoms with Gasteiger partial charge in [-0.1, -0.05) is 18.2 Å². The SMILES string of the molecule is COc1ccccc1CCNc1nc(C)cc(N2CCCC2)n1. The minimum atomic E-state index is 0.710. The summed E-state index contributed by atoms with van der Waals surface area (Å²) in [5.41, 5.74) is 2.19. The van der Waals surface area contributed by atoms with Crippen molar-refractivity contribution in [2.24, 2.45) is 0 Å². The van der Waals surface area contributed by atoms with Crippen molar-refractivity contribution >= 4 is 11.8 Å². The van der Waals surface area contributed by atoms with E-state index in [-0.39, 0.29) is 0 Å². The predicted molar refractivity (Wildman–Crippen MR) is 93.4 cm³/mol. The highest BCUT2D eigenvalue weighted by Gasteiger charge is 2.15. The van der Waals surface area contributed by atoms with Crippen LogP contribution in [0, 0.1) is 6.92 Å². The van der Waals surface area contributed by atoms with Crippen LogP contribution in [0.4, 0.5) is 11.8 Å². The third kappa shape index (κ3) is 3.92. The average molecular weight is 312 g/mol. The highest BCUT2D eigenvalue weighted by molar-refractivity contribution is 5.45. The van der Waals surface area contributed by atoms with Gasteiger partial charge in [-0.3, -0.25) is 0 Å². The Morgan fingerprint density at radius 1 is 1.17 bits per heavy atom. The molecule has 2 heterocycles. The van der Waals surface area contributed by atoms with E-state index in [2.05, 4.69) is 32.3 Å². The third-order valence-electron chi connectivity index (χ3n) is 4.14. The molecule has 0 radical (unpaired) electrons. The van der Waals surface area contributed by atoms with Gasteiger partial charge >= 0.3 is 0 Å². The van der Waals surface area contributed by atoms with Crippen LogP contribution in [0.5, 0.6) is 5.75 Å². The van der Waals surface area contributed by atoms with Crippen LogP contribution in [-0.4, -0.2) is 36.7 Å². The van der Waals surface area contributed by atoms with Gasteiger partial charge in [0.05, 0.1) is 7.11 Å². The van der Waals surface area contributed by atoms with E-state index in [1.807, 2.05) is 25.1 Å². The van der Waals surface area contributed by atoms with Crippen molar-refractivity contribution in [3.8, 4) is 5.75 Å². The fourth-order valence-electron chi connectivity index (χ4n) is 2.96. The van der Waals surface area contributed by atoms with Gasteiger partial charge in [-0.05, 0) is 37.8 Å². The molecule has 1 aromatic heterocycles. The number of anilines is 2.